The van der Waals surface area contributed by atoms with E-state index in [1.807, 2.05) is 19.9 Å². The van der Waals surface area contributed by atoms with Crippen LogP contribution in [0.3, 0.4) is 0 Å². The molecule has 0 heterocycles. The molecular formula is C14H21ClN2O. The molecule has 0 bridgehead atoms. The summed E-state index contributed by atoms with van der Waals surface area (Å²) in [6.07, 6.45) is 2.41. The van der Waals surface area contributed by atoms with Crippen LogP contribution in [0.2, 0.25) is 5.02 Å². The van der Waals surface area contributed by atoms with Gasteiger partial charge in [0.15, 0.2) is 0 Å². The van der Waals surface area contributed by atoms with Crippen molar-refractivity contribution in [3.05, 3.63) is 22.2 Å². The summed E-state index contributed by atoms with van der Waals surface area (Å²) in [5.74, 6) is 0.849. The van der Waals surface area contributed by atoms with E-state index in [0.717, 1.165) is 40.7 Å². The van der Waals surface area contributed by atoms with Gasteiger partial charge >= 0.3 is 0 Å². The number of halogens is 1. The molecule has 0 amide bonds. The standard InChI is InChI=1S/C14H21ClN2O/c1-9-6-11(18-3)13(10(2)12(9)15)17-8-14(7-16)4-5-14/h6,17H,4-5,7-8,16H2,1-3H3. The highest BCUT2D eigenvalue weighted by Gasteiger charge is 2.41. The molecule has 1 aliphatic carbocycles. The molecule has 0 atom stereocenters. The van der Waals surface area contributed by atoms with Crippen molar-refractivity contribution in [1.82, 2.24) is 0 Å². The monoisotopic (exact) mass is 268 g/mol. The number of hydrogen-bond donors (Lipinski definition) is 2. The molecule has 1 aromatic rings. The first-order valence-corrected chi connectivity index (χ1v) is 6.68. The predicted molar refractivity (Wildman–Crippen MR) is 76.7 cm³/mol. The Balaban J connectivity index is 2.23. The predicted octanol–water partition coefficient (Wildman–Crippen LogP) is 3.12. The summed E-state index contributed by atoms with van der Waals surface area (Å²) in [6, 6.07) is 1.97. The molecule has 0 unspecified atom stereocenters. The van der Waals surface area contributed by atoms with E-state index >= 15 is 0 Å². The van der Waals surface area contributed by atoms with Crippen molar-refractivity contribution >= 4 is 17.3 Å². The van der Waals surface area contributed by atoms with Crippen LogP contribution in [-0.4, -0.2) is 20.2 Å². The zero-order valence-electron chi connectivity index (χ0n) is 11.3. The Morgan fingerprint density at radius 2 is 2.11 bits per heavy atom. The topological polar surface area (TPSA) is 47.3 Å². The van der Waals surface area contributed by atoms with Crippen LogP contribution in [0.15, 0.2) is 6.07 Å². The normalized spacial score (nSPS) is 16.5. The first-order valence-electron chi connectivity index (χ1n) is 6.30. The van der Waals surface area contributed by atoms with Crippen LogP contribution < -0.4 is 15.8 Å². The smallest absolute Gasteiger partial charge is 0.142 e. The van der Waals surface area contributed by atoms with Crippen LogP contribution in [0.5, 0.6) is 5.75 Å². The van der Waals surface area contributed by atoms with Crippen LogP contribution in [-0.2, 0) is 0 Å². The molecule has 4 heteroatoms. The zero-order valence-corrected chi connectivity index (χ0v) is 12.0. The fourth-order valence-corrected chi connectivity index (χ4v) is 2.36. The molecule has 0 aromatic heterocycles. The minimum atomic E-state index is 0.287. The number of nitrogens with two attached hydrogens (primary N) is 1. The van der Waals surface area contributed by atoms with Gasteiger partial charge in [-0.3, -0.25) is 0 Å². The number of methoxy groups -OCH3 is 1. The van der Waals surface area contributed by atoms with Crippen LogP contribution >= 0.6 is 11.6 Å². The largest absolute Gasteiger partial charge is 0.495 e. The van der Waals surface area contributed by atoms with E-state index in [1.54, 1.807) is 7.11 Å². The summed E-state index contributed by atoms with van der Waals surface area (Å²) in [7, 11) is 1.68. The minimum Gasteiger partial charge on any atom is -0.495 e. The highest BCUT2D eigenvalue weighted by molar-refractivity contribution is 6.32. The molecule has 0 saturated heterocycles. The van der Waals surface area contributed by atoms with Gasteiger partial charge in [0.25, 0.3) is 0 Å². The molecule has 0 spiro atoms. The van der Waals surface area contributed by atoms with E-state index in [1.165, 1.54) is 12.8 Å². The summed E-state index contributed by atoms with van der Waals surface area (Å²) in [5.41, 5.74) is 9.16. The second-order valence-electron chi connectivity index (χ2n) is 5.27. The van der Waals surface area contributed by atoms with E-state index in [2.05, 4.69) is 5.32 Å². The lowest BCUT2D eigenvalue weighted by Gasteiger charge is -2.20. The molecule has 2 rings (SSSR count). The Bertz CT molecular complexity index is 456. The van der Waals surface area contributed by atoms with E-state index in [9.17, 15) is 0 Å². The lowest BCUT2D eigenvalue weighted by molar-refractivity contribution is 0.415. The van der Waals surface area contributed by atoms with Gasteiger partial charge in [-0.25, -0.2) is 0 Å². The maximum absolute atomic E-state index is 6.29. The molecule has 0 radical (unpaired) electrons. The van der Waals surface area contributed by atoms with E-state index in [4.69, 9.17) is 22.1 Å². The van der Waals surface area contributed by atoms with Crippen molar-refractivity contribution in [3.63, 3.8) is 0 Å². The Labute approximate surface area is 114 Å². The van der Waals surface area contributed by atoms with Crippen LogP contribution in [0.25, 0.3) is 0 Å². The van der Waals surface area contributed by atoms with Gasteiger partial charge in [-0.05, 0) is 55.8 Å². The molecule has 100 valence electrons. The average molecular weight is 269 g/mol. The van der Waals surface area contributed by atoms with Gasteiger partial charge in [0.1, 0.15) is 5.75 Å². The molecule has 1 saturated carbocycles. The van der Waals surface area contributed by atoms with Gasteiger partial charge in [-0.15, -0.1) is 0 Å². The third-order valence-electron chi connectivity index (χ3n) is 3.89. The SMILES string of the molecule is COc1cc(C)c(Cl)c(C)c1NCC1(CN)CC1. The molecule has 3 nitrogen and oxygen atoms in total. The molecule has 1 aromatic carbocycles. The van der Waals surface area contributed by atoms with Crippen molar-refractivity contribution in [2.45, 2.75) is 26.7 Å². The molecule has 3 N–H and O–H groups in total. The first kappa shape index (κ1) is 13.5. The molecule has 1 fully saturated rings. The number of nitrogens with one attached hydrogen (secondary N) is 1. The fourth-order valence-electron chi connectivity index (χ4n) is 2.21. The first-order chi connectivity index (χ1) is 8.53. The van der Waals surface area contributed by atoms with Gasteiger partial charge < -0.3 is 15.8 Å². The second kappa shape index (κ2) is 4.98. The maximum Gasteiger partial charge on any atom is 0.142 e. The molecular weight excluding hydrogens is 248 g/mol. The van der Waals surface area contributed by atoms with Gasteiger partial charge in [-0.1, -0.05) is 11.6 Å². The van der Waals surface area contributed by atoms with Crippen LogP contribution in [0, 0.1) is 19.3 Å². The summed E-state index contributed by atoms with van der Waals surface area (Å²) < 4.78 is 5.43. The Hall–Kier alpha value is -0.930. The Morgan fingerprint density at radius 3 is 2.61 bits per heavy atom. The molecule has 18 heavy (non-hydrogen) atoms. The van der Waals surface area contributed by atoms with Gasteiger partial charge in [0.2, 0.25) is 0 Å². The number of ether oxygens (including phenoxy) is 1. The molecule has 0 aliphatic heterocycles. The number of benzene rings is 1. The number of anilines is 1. The highest BCUT2D eigenvalue weighted by Crippen LogP contribution is 2.45. The van der Waals surface area contributed by atoms with Gasteiger partial charge in [0, 0.05) is 11.6 Å². The highest BCUT2D eigenvalue weighted by atomic mass is 35.5. The summed E-state index contributed by atoms with van der Waals surface area (Å²) in [5, 5.41) is 4.27. The van der Waals surface area contributed by atoms with Crippen molar-refractivity contribution in [2.75, 3.05) is 25.5 Å². The quantitative estimate of drug-likeness (QED) is 0.863. The van der Waals surface area contributed by atoms with E-state index < -0.39 is 0 Å². The van der Waals surface area contributed by atoms with E-state index in [-0.39, 0.29) is 5.41 Å². The number of rotatable bonds is 5. The fraction of sp³-hybridized carbons (Fsp3) is 0.571. The average Bonchev–Trinajstić information content (AvgIpc) is 3.15. The third-order valence-corrected chi connectivity index (χ3v) is 4.48. The van der Waals surface area contributed by atoms with Crippen molar-refractivity contribution in [2.24, 2.45) is 11.1 Å². The Kier molecular flexibility index (Phi) is 3.74. The lowest BCUT2D eigenvalue weighted by Crippen LogP contribution is -2.24. The summed E-state index contributed by atoms with van der Waals surface area (Å²) in [6.45, 7) is 5.63. The third kappa shape index (κ3) is 2.43. The van der Waals surface area contributed by atoms with Crippen LogP contribution in [0.1, 0.15) is 24.0 Å². The number of aryl methyl sites for hydroxylation is 1. The van der Waals surface area contributed by atoms with Gasteiger partial charge in [0.05, 0.1) is 12.8 Å². The minimum absolute atomic E-state index is 0.287. The van der Waals surface area contributed by atoms with Crippen LogP contribution in [0.4, 0.5) is 5.69 Å². The Morgan fingerprint density at radius 1 is 1.44 bits per heavy atom. The zero-order chi connectivity index (χ0) is 13.3. The van der Waals surface area contributed by atoms with E-state index in [0.29, 0.717) is 0 Å². The lowest BCUT2D eigenvalue weighted by atomic mass is 10.1. The second-order valence-corrected chi connectivity index (χ2v) is 5.65. The molecule has 1 aliphatic rings. The number of hydrogen-bond acceptors (Lipinski definition) is 3. The summed E-state index contributed by atoms with van der Waals surface area (Å²) in [4.78, 5) is 0. The maximum atomic E-state index is 6.29. The van der Waals surface area contributed by atoms with Crippen molar-refractivity contribution in [3.8, 4) is 5.75 Å². The van der Waals surface area contributed by atoms with Gasteiger partial charge in [-0.2, -0.15) is 0 Å². The van der Waals surface area contributed by atoms with Crippen molar-refractivity contribution in [1.29, 1.82) is 0 Å². The summed E-state index contributed by atoms with van der Waals surface area (Å²) >= 11 is 6.29. The van der Waals surface area contributed by atoms with Crippen molar-refractivity contribution < 1.29 is 4.74 Å².